The largest absolute Gasteiger partial charge is 0.512 e. The van der Waals surface area contributed by atoms with Gasteiger partial charge in [-0.05, 0) is 57.7 Å². The van der Waals surface area contributed by atoms with E-state index in [1.807, 2.05) is 39.8 Å². The third kappa shape index (κ3) is 9.47. The lowest BCUT2D eigenvalue weighted by Crippen LogP contribution is -2.38. The van der Waals surface area contributed by atoms with Crippen LogP contribution in [0.2, 0.25) is 10.0 Å². The lowest BCUT2D eigenvalue weighted by atomic mass is 10.0. The van der Waals surface area contributed by atoms with Crippen molar-refractivity contribution in [2.45, 2.75) is 59.9 Å². The maximum absolute atomic E-state index is 12.4. The van der Waals surface area contributed by atoms with Gasteiger partial charge in [0.25, 0.3) is 5.91 Å². The predicted octanol–water partition coefficient (Wildman–Crippen LogP) is 5.16. The highest BCUT2D eigenvalue weighted by atomic mass is 35.5. The molecule has 0 aliphatic heterocycles. The molecule has 0 bridgehead atoms. The van der Waals surface area contributed by atoms with E-state index in [1.54, 1.807) is 6.07 Å². The maximum Gasteiger partial charge on any atom is 0.252 e. The summed E-state index contributed by atoms with van der Waals surface area (Å²) in [5.74, 6) is -0.432. The third-order valence-corrected chi connectivity index (χ3v) is 4.83. The van der Waals surface area contributed by atoms with Crippen molar-refractivity contribution in [1.29, 1.82) is 0 Å². The predicted molar refractivity (Wildman–Crippen MR) is 117 cm³/mol. The van der Waals surface area contributed by atoms with E-state index in [9.17, 15) is 14.7 Å². The number of rotatable bonds is 10. The Kier molecular flexibility index (Phi) is 13.4. The highest BCUT2D eigenvalue weighted by Gasteiger charge is 2.17. The van der Waals surface area contributed by atoms with Gasteiger partial charge in [-0.25, -0.2) is 0 Å². The van der Waals surface area contributed by atoms with Gasteiger partial charge < -0.3 is 15.3 Å². The quantitative estimate of drug-likeness (QED) is 0.306. The zero-order valence-electron chi connectivity index (χ0n) is 17.4. The zero-order valence-corrected chi connectivity index (χ0v) is 18.9. The van der Waals surface area contributed by atoms with E-state index >= 15 is 0 Å². The van der Waals surface area contributed by atoms with Gasteiger partial charge in [0.15, 0.2) is 0 Å². The Labute approximate surface area is 178 Å². The minimum atomic E-state index is -0.354. The van der Waals surface area contributed by atoms with Crippen LogP contribution in [0.5, 0.6) is 0 Å². The van der Waals surface area contributed by atoms with Crippen LogP contribution in [0.4, 0.5) is 0 Å². The summed E-state index contributed by atoms with van der Waals surface area (Å²) in [6.45, 7) is 9.72. The van der Waals surface area contributed by atoms with E-state index < -0.39 is 0 Å². The van der Waals surface area contributed by atoms with E-state index in [2.05, 4.69) is 5.32 Å². The van der Waals surface area contributed by atoms with E-state index in [1.165, 1.54) is 11.8 Å². The molecule has 0 saturated heterocycles. The van der Waals surface area contributed by atoms with E-state index in [0.29, 0.717) is 23.0 Å². The van der Waals surface area contributed by atoms with Crippen molar-refractivity contribution in [1.82, 2.24) is 10.2 Å². The summed E-state index contributed by atoms with van der Waals surface area (Å²) in [5, 5.41) is 13.7. The fourth-order valence-corrected chi connectivity index (χ4v) is 2.79. The molecule has 1 atom stereocenters. The Morgan fingerprint density at radius 2 is 1.93 bits per heavy atom. The Bertz CT molecular complexity index is 659. The SMILES string of the molecule is CC.CCN(C=O)C/C(C(=O)NC(C)CCCc1ccc(Cl)c(Cl)c1)=C(\C)O. The number of aliphatic hydroxyl groups excluding tert-OH is 1. The number of nitrogens with one attached hydrogen (secondary N) is 1. The summed E-state index contributed by atoms with van der Waals surface area (Å²) < 4.78 is 0. The molecule has 1 aromatic carbocycles. The van der Waals surface area contributed by atoms with Crippen LogP contribution in [-0.4, -0.2) is 41.5 Å². The number of nitrogens with zero attached hydrogens (tertiary/aromatic N) is 1. The summed E-state index contributed by atoms with van der Waals surface area (Å²) in [7, 11) is 0. The maximum atomic E-state index is 12.4. The molecular formula is C21H32Cl2N2O3. The number of aryl methyl sites for hydroxylation is 1. The Morgan fingerprint density at radius 3 is 2.43 bits per heavy atom. The molecule has 0 fully saturated rings. The minimum Gasteiger partial charge on any atom is -0.512 e. The molecule has 0 spiro atoms. The van der Waals surface area contributed by atoms with Crippen LogP contribution in [0.25, 0.3) is 0 Å². The summed E-state index contributed by atoms with van der Waals surface area (Å²) in [6.07, 6.45) is 3.13. The van der Waals surface area contributed by atoms with Crippen molar-refractivity contribution in [3.63, 3.8) is 0 Å². The van der Waals surface area contributed by atoms with Gasteiger partial charge in [-0.2, -0.15) is 0 Å². The van der Waals surface area contributed by atoms with Gasteiger partial charge in [0, 0.05) is 12.6 Å². The molecule has 0 aliphatic carbocycles. The van der Waals surface area contributed by atoms with Crippen LogP contribution in [0, 0.1) is 0 Å². The highest BCUT2D eigenvalue weighted by molar-refractivity contribution is 6.42. The summed E-state index contributed by atoms with van der Waals surface area (Å²) in [5.41, 5.74) is 1.30. The smallest absolute Gasteiger partial charge is 0.252 e. The second-order valence-electron chi connectivity index (χ2n) is 6.25. The normalized spacial score (nSPS) is 12.2. The molecular weight excluding hydrogens is 399 g/mol. The van der Waals surface area contributed by atoms with Crippen LogP contribution >= 0.6 is 23.2 Å². The molecule has 7 heteroatoms. The number of carbonyl (C=O) groups is 2. The number of allylic oxidation sites excluding steroid dienone is 1. The number of hydrogen-bond acceptors (Lipinski definition) is 3. The lowest BCUT2D eigenvalue weighted by Gasteiger charge is -2.20. The van der Waals surface area contributed by atoms with Gasteiger partial charge in [-0.15, -0.1) is 0 Å². The first-order valence-electron chi connectivity index (χ1n) is 9.61. The number of benzene rings is 1. The Morgan fingerprint density at radius 1 is 1.29 bits per heavy atom. The van der Waals surface area contributed by atoms with E-state index in [0.717, 1.165) is 24.8 Å². The average molecular weight is 431 g/mol. The zero-order chi connectivity index (χ0) is 21.7. The van der Waals surface area contributed by atoms with E-state index in [4.69, 9.17) is 23.2 Å². The summed E-state index contributed by atoms with van der Waals surface area (Å²) in [6, 6.07) is 5.50. The van der Waals surface area contributed by atoms with Crippen molar-refractivity contribution in [2.75, 3.05) is 13.1 Å². The van der Waals surface area contributed by atoms with Gasteiger partial charge in [0.1, 0.15) is 0 Å². The van der Waals surface area contributed by atoms with Crippen molar-refractivity contribution in [2.24, 2.45) is 0 Å². The molecule has 2 N–H and O–H groups in total. The number of likely N-dealkylation sites (N-methyl/N-ethyl adjacent to an activating group) is 1. The van der Waals surface area contributed by atoms with Crippen LogP contribution < -0.4 is 5.32 Å². The van der Waals surface area contributed by atoms with Crippen molar-refractivity contribution < 1.29 is 14.7 Å². The van der Waals surface area contributed by atoms with Crippen molar-refractivity contribution >= 4 is 35.5 Å². The van der Waals surface area contributed by atoms with Crippen molar-refractivity contribution in [3.05, 3.63) is 45.1 Å². The third-order valence-electron chi connectivity index (χ3n) is 4.09. The molecule has 1 unspecified atom stereocenters. The molecule has 158 valence electrons. The van der Waals surface area contributed by atoms with Gasteiger partial charge in [-0.1, -0.05) is 43.1 Å². The van der Waals surface area contributed by atoms with E-state index in [-0.39, 0.29) is 29.8 Å². The second-order valence-corrected chi connectivity index (χ2v) is 7.06. The second kappa shape index (κ2) is 14.3. The van der Waals surface area contributed by atoms with Gasteiger partial charge in [0.2, 0.25) is 6.41 Å². The molecule has 0 aromatic heterocycles. The molecule has 0 aliphatic rings. The standard InChI is InChI=1S/C19H26Cl2N2O3.C2H6/c1-4-23(12-24)11-16(14(3)25)19(26)22-13(2)6-5-7-15-8-9-17(20)18(21)10-15;1-2/h8-10,12-13,25H,4-7,11H2,1-3H3,(H,22,26);1-2H3/b16-14-;. The van der Waals surface area contributed by atoms with Gasteiger partial charge >= 0.3 is 0 Å². The first-order valence-corrected chi connectivity index (χ1v) is 10.4. The van der Waals surface area contributed by atoms with Crippen LogP contribution in [0.15, 0.2) is 29.5 Å². The number of hydrogen-bond donors (Lipinski definition) is 2. The average Bonchev–Trinajstić information content (AvgIpc) is 2.66. The number of halogens is 2. The molecule has 1 aromatic rings. The molecule has 0 heterocycles. The highest BCUT2D eigenvalue weighted by Crippen LogP contribution is 2.23. The molecule has 2 amide bonds. The number of carbonyl (C=O) groups excluding carboxylic acids is 2. The molecule has 5 nitrogen and oxygen atoms in total. The first kappa shape index (κ1) is 26.3. The summed E-state index contributed by atoms with van der Waals surface area (Å²) >= 11 is 11.9. The summed E-state index contributed by atoms with van der Waals surface area (Å²) in [4.78, 5) is 24.7. The van der Waals surface area contributed by atoms with Crippen LogP contribution in [0.1, 0.15) is 53.0 Å². The molecule has 1 rings (SSSR count). The fourth-order valence-electron chi connectivity index (χ4n) is 2.47. The topological polar surface area (TPSA) is 69.6 Å². The molecule has 0 radical (unpaired) electrons. The van der Waals surface area contributed by atoms with Crippen LogP contribution in [0.3, 0.4) is 0 Å². The van der Waals surface area contributed by atoms with Crippen molar-refractivity contribution in [3.8, 4) is 0 Å². The monoisotopic (exact) mass is 430 g/mol. The number of aliphatic hydroxyl groups is 1. The van der Waals surface area contributed by atoms with Gasteiger partial charge in [-0.3, -0.25) is 9.59 Å². The van der Waals surface area contributed by atoms with Gasteiger partial charge in [0.05, 0.1) is 27.9 Å². The Balaban J connectivity index is 0.00000352. The molecule has 0 saturated carbocycles. The lowest BCUT2D eigenvalue weighted by molar-refractivity contribution is -0.119. The number of amides is 2. The first-order chi connectivity index (χ1) is 13.3. The Hall–Kier alpha value is -1.72. The molecule has 28 heavy (non-hydrogen) atoms. The fraction of sp³-hybridized carbons (Fsp3) is 0.524. The minimum absolute atomic E-state index is 0.0640. The van der Waals surface area contributed by atoms with Crippen LogP contribution in [-0.2, 0) is 16.0 Å².